The molecule has 5 rings (SSSR count). The third kappa shape index (κ3) is 2.81. The fraction of sp³-hybridized carbons (Fsp3) is 0.500. The van der Waals surface area contributed by atoms with Crippen LogP contribution in [0.25, 0.3) is 11.3 Å². The van der Waals surface area contributed by atoms with E-state index < -0.39 is 0 Å². The Morgan fingerprint density at radius 1 is 1.04 bits per heavy atom. The molecule has 140 valence electrons. The number of amides is 2. The van der Waals surface area contributed by atoms with Gasteiger partial charge in [-0.2, -0.15) is 0 Å². The van der Waals surface area contributed by atoms with Crippen molar-refractivity contribution in [3.8, 4) is 11.3 Å². The molecule has 2 heterocycles. The van der Waals surface area contributed by atoms with Crippen molar-refractivity contribution in [2.45, 2.75) is 38.6 Å². The van der Waals surface area contributed by atoms with Gasteiger partial charge in [-0.25, -0.2) is 0 Å². The molecule has 0 radical (unpaired) electrons. The zero-order valence-corrected chi connectivity index (χ0v) is 15.6. The van der Waals surface area contributed by atoms with Crippen molar-refractivity contribution >= 4 is 23.2 Å². The Labute approximate surface area is 157 Å². The summed E-state index contributed by atoms with van der Waals surface area (Å²) in [6.45, 7) is 2.58. The van der Waals surface area contributed by atoms with Crippen LogP contribution in [0.15, 0.2) is 24.4 Å². The number of aromatic nitrogens is 3. The van der Waals surface area contributed by atoms with Gasteiger partial charge in [0.25, 0.3) is 0 Å². The monoisotopic (exact) mass is 365 g/mol. The predicted molar refractivity (Wildman–Crippen MR) is 101 cm³/mol. The molecule has 2 saturated carbocycles. The third-order valence-electron chi connectivity index (χ3n) is 5.67. The first-order valence-corrected chi connectivity index (χ1v) is 9.68. The number of nitrogens with zero attached hydrogens (tertiary/aromatic N) is 5. The maximum Gasteiger partial charge on any atom is 0.230 e. The highest BCUT2D eigenvalue weighted by Crippen LogP contribution is 2.44. The van der Waals surface area contributed by atoms with Crippen LogP contribution < -0.4 is 9.80 Å². The molecule has 7 heteroatoms. The van der Waals surface area contributed by atoms with Gasteiger partial charge in [-0.1, -0.05) is 11.3 Å². The first kappa shape index (κ1) is 16.5. The minimum atomic E-state index is -0.0179. The van der Waals surface area contributed by atoms with E-state index in [1.807, 2.05) is 48.2 Å². The van der Waals surface area contributed by atoms with Gasteiger partial charge >= 0.3 is 0 Å². The Kier molecular flexibility index (Phi) is 3.60. The molecule has 27 heavy (non-hydrogen) atoms. The summed E-state index contributed by atoms with van der Waals surface area (Å²) in [5.74, 6) is 0.647. The van der Waals surface area contributed by atoms with Crippen LogP contribution in [-0.4, -0.2) is 39.4 Å². The van der Waals surface area contributed by atoms with E-state index in [2.05, 4.69) is 10.3 Å². The van der Waals surface area contributed by atoms with E-state index in [0.717, 1.165) is 48.3 Å². The highest BCUT2D eigenvalue weighted by atomic mass is 16.2. The number of benzene rings is 1. The van der Waals surface area contributed by atoms with Gasteiger partial charge in [0.15, 0.2) is 0 Å². The van der Waals surface area contributed by atoms with Gasteiger partial charge in [-0.05, 0) is 44.7 Å². The quantitative estimate of drug-likeness (QED) is 0.837. The molecule has 1 aromatic heterocycles. The van der Waals surface area contributed by atoms with Gasteiger partial charge in [0, 0.05) is 31.0 Å². The molecule has 7 nitrogen and oxygen atoms in total. The summed E-state index contributed by atoms with van der Waals surface area (Å²) in [6.07, 6.45) is 5.73. The van der Waals surface area contributed by atoms with Crippen molar-refractivity contribution in [1.29, 1.82) is 0 Å². The average molecular weight is 365 g/mol. The summed E-state index contributed by atoms with van der Waals surface area (Å²) in [6, 6.07) is 5.89. The number of aryl methyl sites for hydroxylation is 1. The standard InChI is InChI=1S/C20H23N5O2/c1-12-10-24(19(26)13-3-4-13)18-9-15(16-11-23(2)22-21-16)7-8-17(18)25(12)20(27)14-5-6-14/h7-9,11-14H,3-6,10H2,1-2H3. The van der Waals surface area contributed by atoms with Gasteiger partial charge in [-0.15, -0.1) is 5.10 Å². The second kappa shape index (κ2) is 5.90. The molecule has 2 amide bonds. The SMILES string of the molecule is CC1CN(C(=O)C2CC2)c2cc(-c3cn(C)nn3)ccc2N1C(=O)C1CC1. The maximum absolute atomic E-state index is 12.9. The van der Waals surface area contributed by atoms with Crippen molar-refractivity contribution in [3.05, 3.63) is 24.4 Å². The summed E-state index contributed by atoms with van der Waals surface area (Å²) < 4.78 is 1.66. The van der Waals surface area contributed by atoms with Crippen LogP contribution >= 0.6 is 0 Å². The van der Waals surface area contributed by atoms with Gasteiger partial charge in [0.05, 0.1) is 23.6 Å². The van der Waals surface area contributed by atoms with Crippen molar-refractivity contribution in [2.75, 3.05) is 16.3 Å². The van der Waals surface area contributed by atoms with Crippen molar-refractivity contribution < 1.29 is 9.59 Å². The summed E-state index contributed by atoms with van der Waals surface area (Å²) >= 11 is 0. The first-order chi connectivity index (χ1) is 13.0. The molecular formula is C20H23N5O2. The molecule has 2 aliphatic carbocycles. The number of carbonyl (C=O) groups is 2. The largest absolute Gasteiger partial charge is 0.308 e. The molecule has 1 aliphatic heterocycles. The fourth-order valence-electron chi connectivity index (χ4n) is 3.89. The van der Waals surface area contributed by atoms with Gasteiger partial charge in [-0.3, -0.25) is 14.3 Å². The number of carbonyl (C=O) groups excluding carboxylic acids is 2. The van der Waals surface area contributed by atoms with E-state index in [0.29, 0.717) is 6.54 Å². The van der Waals surface area contributed by atoms with Crippen LogP contribution in [0.4, 0.5) is 11.4 Å². The summed E-state index contributed by atoms with van der Waals surface area (Å²) in [4.78, 5) is 29.6. The topological polar surface area (TPSA) is 71.3 Å². The molecule has 0 bridgehead atoms. The van der Waals surface area contributed by atoms with Gasteiger partial charge in [0.1, 0.15) is 5.69 Å². The van der Waals surface area contributed by atoms with Gasteiger partial charge < -0.3 is 9.80 Å². The van der Waals surface area contributed by atoms with Crippen molar-refractivity contribution in [2.24, 2.45) is 18.9 Å². The lowest BCUT2D eigenvalue weighted by atomic mass is 10.0. The number of hydrogen-bond donors (Lipinski definition) is 0. The Bertz CT molecular complexity index is 928. The zero-order valence-electron chi connectivity index (χ0n) is 15.6. The number of hydrogen-bond acceptors (Lipinski definition) is 4. The molecule has 2 aromatic rings. The second-order valence-corrected chi connectivity index (χ2v) is 8.04. The van der Waals surface area contributed by atoms with Crippen LogP contribution in [0.1, 0.15) is 32.6 Å². The summed E-state index contributed by atoms with van der Waals surface area (Å²) in [5, 5.41) is 8.19. The van der Waals surface area contributed by atoms with E-state index in [1.54, 1.807) is 4.68 Å². The van der Waals surface area contributed by atoms with Crippen molar-refractivity contribution in [3.63, 3.8) is 0 Å². The van der Waals surface area contributed by atoms with Crippen LogP contribution in [0, 0.1) is 11.8 Å². The van der Waals surface area contributed by atoms with E-state index in [1.165, 1.54) is 0 Å². The molecule has 3 aliphatic rings. The Balaban J connectivity index is 1.60. The number of anilines is 2. The van der Waals surface area contributed by atoms with Crippen LogP contribution in [0.2, 0.25) is 0 Å². The third-order valence-corrected chi connectivity index (χ3v) is 5.67. The van der Waals surface area contributed by atoms with E-state index in [-0.39, 0.29) is 29.7 Å². The lowest BCUT2D eigenvalue weighted by Crippen LogP contribution is -2.52. The molecule has 1 unspecified atom stereocenters. The molecule has 2 fully saturated rings. The van der Waals surface area contributed by atoms with Crippen molar-refractivity contribution in [1.82, 2.24) is 15.0 Å². The summed E-state index contributed by atoms with van der Waals surface area (Å²) in [7, 11) is 1.83. The van der Waals surface area contributed by atoms with Gasteiger partial charge in [0.2, 0.25) is 11.8 Å². The first-order valence-electron chi connectivity index (χ1n) is 9.68. The number of fused-ring (bicyclic) bond motifs is 1. The zero-order chi connectivity index (χ0) is 18.7. The Hall–Kier alpha value is -2.70. The molecule has 0 spiro atoms. The maximum atomic E-state index is 12.9. The molecule has 0 N–H and O–H groups in total. The van der Waals surface area contributed by atoms with E-state index in [4.69, 9.17) is 0 Å². The van der Waals surface area contributed by atoms with Crippen LogP contribution in [0.5, 0.6) is 0 Å². The molecule has 1 aromatic carbocycles. The highest BCUT2D eigenvalue weighted by Gasteiger charge is 2.43. The smallest absolute Gasteiger partial charge is 0.230 e. The number of rotatable bonds is 3. The second-order valence-electron chi connectivity index (χ2n) is 8.04. The van der Waals surface area contributed by atoms with E-state index in [9.17, 15) is 9.59 Å². The highest BCUT2D eigenvalue weighted by molar-refractivity contribution is 6.07. The minimum Gasteiger partial charge on any atom is -0.308 e. The molecule has 0 saturated heterocycles. The van der Waals surface area contributed by atoms with E-state index >= 15 is 0 Å². The Morgan fingerprint density at radius 3 is 2.37 bits per heavy atom. The summed E-state index contributed by atoms with van der Waals surface area (Å²) in [5.41, 5.74) is 3.33. The molecular weight excluding hydrogens is 342 g/mol. The minimum absolute atomic E-state index is 0.0179. The Morgan fingerprint density at radius 2 is 1.74 bits per heavy atom. The average Bonchev–Trinajstić information content (AvgIpc) is 3.57. The lowest BCUT2D eigenvalue weighted by molar-refractivity contribution is -0.122. The van der Waals surface area contributed by atoms with Crippen LogP contribution in [0.3, 0.4) is 0 Å². The normalized spacial score (nSPS) is 21.9. The molecule has 1 atom stereocenters. The predicted octanol–water partition coefficient (Wildman–Crippen LogP) is 2.37. The fourth-order valence-corrected chi connectivity index (χ4v) is 3.89. The lowest BCUT2D eigenvalue weighted by Gasteiger charge is -2.41. The van der Waals surface area contributed by atoms with Crippen LogP contribution in [-0.2, 0) is 16.6 Å².